The number of hydrogen-bond donors (Lipinski definition) is 0. The first-order chi connectivity index (χ1) is 20.9. The van der Waals surface area contributed by atoms with Gasteiger partial charge in [-0.15, -0.1) is 0 Å². The second-order valence-electron chi connectivity index (χ2n) is 12.8. The predicted molar refractivity (Wildman–Crippen MR) is 176 cm³/mol. The van der Waals surface area contributed by atoms with Gasteiger partial charge in [0.2, 0.25) is 0 Å². The molecular formula is C31H37ClN6O4SSi. The van der Waals surface area contributed by atoms with Crippen LogP contribution in [-0.2, 0) is 27.8 Å². The van der Waals surface area contributed by atoms with E-state index in [9.17, 15) is 8.42 Å². The van der Waals surface area contributed by atoms with Crippen molar-refractivity contribution in [3.05, 3.63) is 59.8 Å². The average molecular weight is 653 g/mol. The van der Waals surface area contributed by atoms with Gasteiger partial charge in [0.15, 0.2) is 9.84 Å². The Hall–Kier alpha value is -3.32. The van der Waals surface area contributed by atoms with Crippen molar-refractivity contribution in [2.75, 3.05) is 18.1 Å². The van der Waals surface area contributed by atoms with E-state index in [2.05, 4.69) is 39.3 Å². The van der Waals surface area contributed by atoms with Crippen LogP contribution in [0.15, 0.2) is 48.9 Å². The number of imidazole rings is 1. The summed E-state index contributed by atoms with van der Waals surface area (Å²) in [5.74, 6) is 2.51. The number of sulfone groups is 1. The lowest BCUT2D eigenvalue weighted by molar-refractivity contribution is 0.0885. The van der Waals surface area contributed by atoms with E-state index in [0.29, 0.717) is 52.9 Å². The number of halogens is 1. The summed E-state index contributed by atoms with van der Waals surface area (Å²) < 4.78 is 40.2. The number of hydrogen-bond acceptors (Lipinski definition) is 8. The number of nitrogens with zero attached hydrogens (tertiary/aromatic N) is 6. The summed E-state index contributed by atoms with van der Waals surface area (Å²) in [6.45, 7) is 10.7. The van der Waals surface area contributed by atoms with E-state index in [-0.39, 0.29) is 17.4 Å². The van der Waals surface area contributed by atoms with Gasteiger partial charge in [0.1, 0.15) is 34.6 Å². The van der Waals surface area contributed by atoms with E-state index in [0.717, 1.165) is 41.5 Å². The van der Waals surface area contributed by atoms with Crippen molar-refractivity contribution in [2.24, 2.45) is 5.92 Å². The molecule has 1 atom stereocenters. The largest absolute Gasteiger partial charge is 0.456 e. The lowest BCUT2D eigenvalue weighted by Crippen LogP contribution is -2.28. The van der Waals surface area contributed by atoms with E-state index >= 15 is 0 Å². The molecule has 1 unspecified atom stereocenters. The molecule has 10 nitrogen and oxygen atoms in total. The standard InChI is InChI=1S/C31H37ClN6O4SSi/c1-21-35-25-8-7-24(14-28(25)38(21)20-41-11-13-44(2,3)4)42-29-10-9-26-31(30(29)32)36-27(16-33-26)23-15-34-37(18-23)17-22-6-5-12-43(39,40)19-22/h7-10,14-16,18,22H,5-6,11-13,17,19-20H2,1-4H3. The molecule has 1 fully saturated rings. The molecule has 0 N–H and O–H groups in total. The summed E-state index contributed by atoms with van der Waals surface area (Å²) in [7, 11) is -4.15. The number of benzene rings is 2. The fourth-order valence-corrected chi connectivity index (χ4v) is 8.24. The second-order valence-corrected chi connectivity index (χ2v) is 21.0. The third-order valence-corrected chi connectivity index (χ3v) is 11.9. The molecule has 0 bridgehead atoms. The molecule has 0 saturated carbocycles. The Morgan fingerprint density at radius 1 is 1.09 bits per heavy atom. The summed E-state index contributed by atoms with van der Waals surface area (Å²) in [6, 6.07) is 10.5. The Morgan fingerprint density at radius 3 is 2.70 bits per heavy atom. The average Bonchev–Trinajstić information content (AvgIpc) is 3.55. The fraction of sp³-hybridized carbons (Fsp3) is 0.419. The Morgan fingerprint density at radius 2 is 1.91 bits per heavy atom. The number of ether oxygens (including phenoxy) is 2. The van der Waals surface area contributed by atoms with Crippen LogP contribution in [0.1, 0.15) is 18.7 Å². The topological polar surface area (TPSA) is 114 Å². The van der Waals surface area contributed by atoms with E-state index in [1.54, 1.807) is 23.1 Å². The number of aryl methyl sites for hydroxylation is 1. The smallest absolute Gasteiger partial charge is 0.150 e. The van der Waals surface area contributed by atoms with Gasteiger partial charge in [-0.25, -0.2) is 18.4 Å². The van der Waals surface area contributed by atoms with Crippen LogP contribution in [0.2, 0.25) is 30.7 Å². The predicted octanol–water partition coefficient (Wildman–Crippen LogP) is 6.73. The molecule has 44 heavy (non-hydrogen) atoms. The molecule has 1 aliphatic heterocycles. The van der Waals surface area contributed by atoms with Crippen LogP contribution in [-0.4, -0.2) is 63.9 Å². The molecule has 0 amide bonds. The van der Waals surface area contributed by atoms with Crippen molar-refractivity contribution < 1.29 is 17.9 Å². The van der Waals surface area contributed by atoms with Crippen molar-refractivity contribution in [3.8, 4) is 22.8 Å². The van der Waals surface area contributed by atoms with Crippen molar-refractivity contribution >= 4 is 51.6 Å². The first kappa shape index (κ1) is 30.7. The van der Waals surface area contributed by atoms with Gasteiger partial charge in [-0.2, -0.15) is 5.10 Å². The van der Waals surface area contributed by atoms with Gasteiger partial charge < -0.3 is 14.0 Å². The number of fused-ring (bicyclic) bond motifs is 2. The zero-order chi connectivity index (χ0) is 31.1. The Labute approximate surface area is 263 Å². The summed E-state index contributed by atoms with van der Waals surface area (Å²) in [5, 5.41) is 4.82. The van der Waals surface area contributed by atoms with Gasteiger partial charge in [0.05, 0.1) is 46.1 Å². The van der Waals surface area contributed by atoms with Crippen molar-refractivity contribution in [1.82, 2.24) is 29.3 Å². The zero-order valence-corrected chi connectivity index (χ0v) is 28.0. The van der Waals surface area contributed by atoms with Crippen LogP contribution in [0.3, 0.4) is 0 Å². The Balaban J connectivity index is 1.21. The highest BCUT2D eigenvalue weighted by Gasteiger charge is 2.25. The third-order valence-electron chi connectivity index (χ3n) is 7.90. The monoisotopic (exact) mass is 652 g/mol. The van der Waals surface area contributed by atoms with Gasteiger partial charge in [0.25, 0.3) is 0 Å². The second kappa shape index (κ2) is 12.2. The minimum atomic E-state index is -2.97. The van der Waals surface area contributed by atoms with E-state index < -0.39 is 17.9 Å². The van der Waals surface area contributed by atoms with Crippen LogP contribution in [0.5, 0.6) is 11.5 Å². The van der Waals surface area contributed by atoms with E-state index in [1.807, 2.05) is 37.4 Å². The number of rotatable bonds is 10. The normalized spacial score (nSPS) is 17.0. The molecule has 2 aromatic carbocycles. The molecule has 13 heteroatoms. The SMILES string of the molecule is Cc1nc2ccc(Oc3ccc4ncc(-c5cnn(CC6CCCS(=O)(=O)C6)c5)nc4c3Cl)cc2n1COCC[Si](C)(C)C. The zero-order valence-electron chi connectivity index (χ0n) is 25.5. The summed E-state index contributed by atoms with van der Waals surface area (Å²) in [6.07, 6.45) is 6.86. The molecule has 1 aliphatic rings. The Bertz CT molecular complexity index is 1940. The molecule has 0 spiro atoms. The molecule has 1 saturated heterocycles. The maximum atomic E-state index is 12.0. The highest BCUT2D eigenvalue weighted by molar-refractivity contribution is 7.91. The lowest BCUT2D eigenvalue weighted by atomic mass is 10.1. The third kappa shape index (κ3) is 6.98. The minimum Gasteiger partial charge on any atom is -0.456 e. The van der Waals surface area contributed by atoms with Crippen LogP contribution in [0.4, 0.5) is 0 Å². The molecule has 0 aliphatic carbocycles. The first-order valence-corrected chi connectivity index (χ1v) is 20.8. The highest BCUT2D eigenvalue weighted by atomic mass is 35.5. The van der Waals surface area contributed by atoms with Crippen LogP contribution < -0.4 is 4.74 Å². The van der Waals surface area contributed by atoms with Gasteiger partial charge in [-0.1, -0.05) is 31.2 Å². The van der Waals surface area contributed by atoms with Gasteiger partial charge in [0, 0.05) is 39.1 Å². The van der Waals surface area contributed by atoms with Crippen molar-refractivity contribution in [1.29, 1.82) is 0 Å². The van der Waals surface area contributed by atoms with Gasteiger partial charge in [-0.05, 0) is 56.0 Å². The van der Waals surface area contributed by atoms with Gasteiger partial charge >= 0.3 is 0 Å². The lowest BCUT2D eigenvalue weighted by Gasteiger charge is -2.21. The van der Waals surface area contributed by atoms with Crippen LogP contribution in [0, 0.1) is 12.8 Å². The maximum absolute atomic E-state index is 12.0. The quantitative estimate of drug-likeness (QED) is 0.120. The molecular weight excluding hydrogens is 616 g/mol. The molecule has 6 rings (SSSR count). The van der Waals surface area contributed by atoms with Crippen molar-refractivity contribution in [3.63, 3.8) is 0 Å². The highest BCUT2D eigenvalue weighted by Crippen LogP contribution is 2.36. The van der Waals surface area contributed by atoms with E-state index in [4.69, 9.17) is 26.1 Å². The molecule has 0 radical (unpaired) electrons. The van der Waals surface area contributed by atoms with Gasteiger partial charge in [-0.3, -0.25) is 9.67 Å². The molecule has 4 heterocycles. The summed E-state index contributed by atoms with van der Waals surface area (Å²) >= 11 is 6.85. The van der Waals surface area contributed by atoms with E-state index in [1.165, 1.54) is 0 Å². The maximum Gasteiger partial charge on any atom is 0.150 e. The minimum absolute atomic E-state index is 0.0580. The Kier molecular flexibility index (Phi) is 8.53. The molecule has 232 valence electrons. The van der Waals surface area contributed by atoms with Crippen molar-refractivity contribution in [2.45, 2.75) is 58.7 Å². The number of aromatic nitrogens is 6. The molecule has 5 aromatic rings. The van der Waals surface area contributed by atoms with Crippen LogP contribution in [0.25, 0.3) is 33.3 Å². The molecule has 3 aromatic heterocycles. The fourth-order valence-electron chi connectivity index (χ4n) is 5.48. The first-order valence-electron chi connectivity index (χ1n) is 14.9. The summed E-state index contributed by atoms with van der Waals surface area (Å²) in [4.78, 5) is 14.1. The van der Waals surface area contributed by atoms with Crippen LogP contribution >= 0.6 is 11.6 Å². The summed E-state index contributed by atoms with van der Waals surface area (Å²) in [5.41, 5.74) is 4.36.